The van der Waals surface area contributed by atoms with Crippen molar-refractivity contribution < 1.29 is 19.1 Å². The first-order valence-corrected chi connectivity index (χ1v) is 12.9. The van der Waals surface area contributed by atoms with E-state index in [2.05, 4.69) is 60.5 Å². The molecule has 0 aromatic heterocycles. The Bertz CT molecular complexity index is 1530. The molecule has 0 bridgehead atoms. The van der Waals surface area contributed by atoms with Gasteiger partial charge in [0.25, 0.3) is 0 Å². The molecule has 0 aliphatic heterocycles. The van der Waals surface area contributed by atoms with Crippen LogP contribution in [0.1, 0.15) is 24.5 Å². The molecule has 1 aliphatic carbocycles. The summed E-state index contributed by atoms with van der Waals surface area (Å²) < 4.78 is 10.6. The first-order valence-electron chi connectivity index (χ1n) is 12.9. The number of benzene rings is 4. The van der Waals surface area contributed by atoms with Crippen molar-refractivity contribution in [2.75, 3.05) is 4.90 Å². The van der Waals surface area contributed by atoms with Gasteiger partial charge in [0.15, 0.2) is 0 Å². The van der Waals surface area contributed by atoms with Gasteiger partial charge >= 0.3 is 11.9 Å². The summed E-state index contributed by atoms with van der Waals surface area (Å²) in [6.07, 6.45) is 4.54. The lowest BCUT2D eigenvalue weighted by molar-refractivity contribution is -0.130. The molecule has 0 unspecified atom stereocenters. The molecule has 0 saturated carbocycles. The molecule has 0 radical (unpaired) electrons. The van der Waals surface area contributed by atoms with Crippen molar-refractivity contribution in [3.05, 3.63) is 127 Å². The van der Waals surface area contributed by atoms with Crippen LogP contribution in [0.5, 0.6) is 11.5 Å². The average molecular weight is 516 g/mol. The van der Waals surface area contributed by atoms with E-state index in [1.165, 1.54) is 17.5 Å². The molecule has 5 rings (SSSR count). The summed E-state index contributed by atoms with van der Waals surface area (Å²) in [7, 11) is 0. The third kappa shape index (κ3) is 5.83. The molecule has 0 amide bonds. The highest BCUT2D eigenvalue weighted by atomic mass is 16.5. The van der Waals surface area contributed by atoms with Gasteiger partial charge in [0, 0.05) is 28.7 Å². The first-order chi connectivity index (χ1) is 18.9. The van der Waals surface area contributed by atoms with Crippen LogP contribution in [0, 0.1) is 0 Å². The predicted molar refractivity (Wildman–Crippen MR) is 155 cm³/mol. The zero-order chi connectivity index (χ0) is 27.4. The van der Waals surface area contributed by atoms with Crippen LogP contribution in [-0.2, 0) is 22.4 Å². The fourth-order valence-electron chi connectivity index (χ4n) is 4.68. The number of rotatable bonds is 8. The van der Waals surface area contributed by atoms with Gasteiger partial charge in [-0.1, -0.05) is 43.5 Å². The second-order valence-corrected chi connectivity index (χ2v) is 9.50. The summed E-state index contributed by atoms with van der Waals surface area (Å²) in [5, 5.41) is 0. The summed E-state index contributed by atoms with van der Waals surface area (Å²) in [6.45, 7) is 8.69. The van der Waals surface area contributed by atoms with Gasteiger partial charge in [0.2, 0.25) is 0 Å². The average Bonchev–Trinajstić information content (AvgIpc) is 3.43. The molecule has 5 heteroatoms. The van der Waals surface area contributed by atoms with Gasteiger partial charge in [-0.25, -0.2) is 9.59 Å². The third-order valence-corrected chi connectivity index (χ3v) is 6.69. The Morgan fingerprint density at radius 1 is 0.718 bits per heavy atom. The monoisotopic (exact) mass is 515 g/mol. The van der Waals surface area contributed by atoms with E-state index in [4.69, 9.17) is 9.47 Å². The summed E-state index contributed by atoms with van der Waals surface area (Å²) in [5.74, 6) is 0.0140. The zero-order valence-corrected chi connectivity index (χ0v) is 21.9. The lowest BCUT2D eigenvalue weighted by Crippen LogP contribution is -2.10. The number of anilines is 3. The molecule has 194 valence electrons. The van der Waals surface area contributed by atoms with Gasteiger partial charge in [-0.05, 0) is 109 Å². The van der Waals surface area contributed by atoms with Crippen molar-refractivity contribution in [2.24, 2.45) is 0 Å². The Morgan fingerprint density at radius 3 is 1.85 bits per heavy atom. The molecular weight excluding hydrogens is 486 g/mol. The quantitative estimate of drug-likeness (QED) is 0.136. The van der Waals surface area contributed by atoms with Gasteiger partial charge in [-0.3, -0.25) is 0 Å². The van der Waals surface area contributed by atoms with Gasteiger partial charge in [-0.15, -0.1) is 0 Å². The van der Waals surface area contributed by atoms with Crippen molar-refractivity contribution in [1.82, 2.24) is 0 Å². The lowest BCUT2D eigenvalue weighted by atomic mass is 10.0. The van der Waals surface area contributed by atoms with E-state index in [0.717, 1.165) is 47.1 Å². The van der Waals surface area contributed by atoms with Crippen LogP contribution < -0.4 is 14.4 Å². The van der Waals surface area contributed by atoms with E-state index in [9.17, 15) is 9.59 Å². The fraction of sp³-hybridized carbons (Fsp3) is 0.118. The van der Waals surface area contributed by atoms with E-state index in [-0.39, 0.29) is 0 Å². The molecule has 4 aromatic carbocycles. The SMILES string of the molecule is C=CC(=O)Oc1ccc(N(c2ccc(-c3ccc(OC(=O)C(=C)C)cc3)cc2)c2ccc3c(c2)CCC3)cc1. The van der Waals surface area contributed by atoms with E-state index < -0.39 is 11.9 Å². The maximum atomic E-state index is 11.8. The van der Waals surface area contributed by atoms with Crippen LogP contribution in [0.15, 0.2) is 116 Å². The molecule has 0 saturated heterocycles. The molecule has 1 aliphatic rings. The Hall–Kier alpha value is -4.90. The fourth-order valence-corrected chi connectivity index (χ4v) is 4.68. The Labute approximate surface area is 228 Å². The highest BCUT2D eigenvalue weighted by molar-refractivity contribution is 5.89. The third-order valence-electron chi connectivity index (χ3n) is 6.69. The second kappa shape index (κ2) is 11.2. The molecular formula is C34H29NO4. The molecule has 0 N–H and O–H groups in total. The van der Waals surface area contributed by atoms with Gasteiger partial charge < -0.3 is 14.4 Å². The molecule has 5 nitrogen and oxygen atoms in total. The van der Waals surface area contributed by atoms with Crippen molar-refractivity contribution in [2.45, 2.75) is 26.2 Å². The number of carbonyl (C=O) groups excluding carboxylic acids is 2. The van der Waals surface area contributed by atoms with Crippen LogP contribution >= 0.6 is 0 Å². The smallest absolute Gasteiger partial charge is 0.338 e. The Kier molecular flexibility index (Phi) is 7.41. The summed E-state index contributed by atoms with van der Waals surface area (Å²) in [5.41, 5.74) is 8.22. The van der Waals surface area contributed by atoms with Crippen molar-refractivity contribution >= 4 is 29.0 Å². The minimum Gasteiger partial charge on any atom is -0.423 e. The number of ether oxygens (including phenoxy) is 2. The Morgan fingerprint density at radius 2 is 1.23 bits per heavy atom. The lowest BCUT2D eigenvalue weighted by Gasteiger charge is -2.26. The maximum Gasteiger partial charge on any atom is 0.338 e. The predicted octanol–water partition coefficient (Wildman–Crippen LogP) is 7.89. The Balaban J connectivity index is 1.44. The maximum absolute atomic E-state index is 11.8. The van der Waals surface area contributed by atoms with Gasteiger partial charge in [-0.2, -0.15) is 0 Å². The highest BCUT2D eigenvalue weighted by Gasteiger charge is 2.17. The number of carbonyl (C=O) groups is 2. The standard InChI is InChI=1S/C34H29NO4/c1-4-33(36)38-31-20-16-29(17-21-31)35(30-15-10-24-6-5-7-27(24)22-30)28-13-8-25(9-14-28)26-11-18-32(19-12-26)39-34(37)23(2)3/h4,8-22H,1-2,5-7H2,3H3. The second-order valence-electron chi connectivity index (χ2n) is 9.50. The zero-order valence-electron chi connectivity index (χ0n) is 21.9. The van der Waals surface area contributed by atoms with Crippen LogP contribution in [-0.4, -0.2) is 11.9 Å². The molecule has 39 heavy (non-hydrogen) atoms. The summed E-state index contributed by atoms with van der Waals surface area (Å²) >= 11 is 0. The van der Waals surface area contributed by atoms with Gasteiger partial charge in [0.05, 0.1) is 0 Å². The van der Waals surface area contributed by atoms with Crippen LogP contribution in [0.3, 0.4) is 0 Å². The molecule has 0 fully saturated rings. The minimum absolute atomic E-state index is 0.356. The first kappa shape index (κ1) is 25.7. The van der Waals surface area contributed by atoms with Crippen molar-refractivity contribution in [3.8, 4) is 22.6 Å². The largest absolute Gasteiger partial charge is 0.423 e. The normalized spacial score (nSPS) is 11.8. The minimum atomic E-state index is -0.490. The van der Waals surface area contributed by atoms with Crippen LogP contribution in [0.2, 0.25) is 0 Å². The number of fused-ring (bicyclic) bond motifs is 1. The number of esters is 2. The van der Waals surface area contributed by atoms with E-state index in [0.29, 0.717) is 17.1 Å². The van der Waals surface area contributed by atoms with Crippen LogP contribution in [0.4, 0.5) is 17.1 Å². The highest BCUT2D eigenvalue weighted by Crippen LogP contribution is 2.38. The summed E-state index contributed by atoms with van der Waals surface area (Å²) in [4.78, 5) is 25.6. The number of hydrogen-bond acceptors (Lipinski definition) is 5. The molecule has 0 atom stereocenters. The summed E-state index contributed by atoms with van der Waals surface area (Å²) in [6, 6.07) is 29.8. The van der Waals surface area contributed by atoms with E-state index >= 15 is 0 Å². The van der Waals surface area contributed by atoms with Crippen molar-refractivity contribution in [3.63, 3.8) is 0 Å². The van der Waals surface area contributed by atoms with E-state index in [1.807, 2.05) is 24.3 Å². The van der Waals surface area contributed by atoms with Gasteiger partial charge in [0.1, 0.15) is 11.5 Å². The topological polar surface area (TPSA) is 55.8 Å². The number of nitrogens with zero attached hydrogens (tertiary/aromatic N) is 1. The molecule has 0 heterocycles. The van der Waals surface area contributed by atoms with Crippen molar-refractivity contribution in [1.29, 1.82) is 0 Å². The molecule has 0 spiro atoms. The number of aryl methyl sites for hydroxylation is 2. The van der Waals surface area contributed by atoms with E-state index in [1.54, 1.807) is 31.2 Å². The number of hydrogen-bond donors (Lipinski definition) is 0. The van der Waals surface area contributed by atoms with Crippen LogP contribution in [0.25, 0.3) is 11.1 Å². The molecule has 4 aromatic rings.